The van der Waals surface area contributed by atoms with E-state index in [1.54, 1.807) is 0 Å². The largest absolute Gasteiger partial charge is 0.295 e. The molecule has 0 aliphatic heterocycles. The highest BCUT2D eigenvalue weighted by Crippen LogP contribution is 2.23. The molecule has 0 unspecified atom stereocenters. The lowest BCUT2D eigenvalue weighted by molar-refractivity contribution is 0.145. The molecule has 14 heavy (non-hydrogen) atoms. The zero-order valence-electron chi connectivity index (χ0n) is 6.72. The van der Waals surface area contributed by atoms with Crippen LogP contribution in [0.5, 0.6) is 0 Å². The first-order chi connectivity index (χ1) is 6.59. The van der Waals surface area contributed by atoms with Crippen molar-refractivity contribution in [2.75, 3.05) is 0 Å². The molecule has 0 amide bonds. The van der Waals surface area contributed by atoms with Crippen LogP contribution in [0.1, 0.15) is 12.1 Å². The van der Waals surface area contributed by atoms with E-state index in [1.807, 2.05) is 0 Å². The molecule has 0 radical (unpaired) electrons. The molecule has 2 aromatic rings. The third kappa shape index (κ3) is 1.39. The Bertz CT molecular complexity index is 481. The molecule has 2 aromatic heterocycles. The summed E-state index contributed by atoms with van der Waals surface area (Å²) in [5.74, 6) is -0.633. The van der Waals surface area contributed by atoms with E-state index in [0.29, 0.717) is 4.47 Å². The number of pyridine rings is 1. The number of hydrogen-bond acceptors (Lipinski definition) is 1. The number of nitrogens with zero attached hydrogens (tertiary/aromatic N) is 2. The van der Waals surface area contributed by atoms with Crippen molar-refractivity contribution >= 4 is 21.6 Å². The molecule has 0 bridgehead atoms. The van der Waals surface area contributed by atoms with Crippen molar-refractivity contribution in [3.8, 4) is 0 Å². The Labute approximate surface area is 85.5 Å². The van der Waals surface area contributed by atoms with Crippen LogP contribution < -0.4 is 0 Å². The molecule has 0 spiro atoms. The third-order valence-electron chi connectivity index (χ3n) is 1.78. The van der Waals surface area contributed by atoms with Crippen molar-refractivity contribution in [2.24, 2.45) is 0 Å². The lowest BCUT2D eigenvalue weighted by Crippen LogP contribution is -1.94. The quantitative estimate of drug-likeness (QED) is 0.774. The van der Waals surface area contributed by atoms with E-state index in [9.17, 15) is 13.2 Å². The number of alkyl halides is 2. The van der Waals surface area contributed by atoms with Gasteiger partial charge in [0.15, 0.2) is 11.5 Å². The third-order valence-corrected chi connectivity index (χ3v) is 2.21. The Hall–Kier alpha value is -1.04. The minimum atomic E-state index is -2.67. The van der Waals surface area contributed by atoms with Gasteiger partial charge in [-0.1, -0.05) is 0 Å². The van der Waals surface area contributed by atoms with Crippen molar-refractivity contribution in [3.63, 3.8) is 0 Å². The van der Waals surface area contributed by atoms with E-state index in [2.05, 4.69) is 20.9 Å². The maximum atomic E-state index is 13.2. The number of hydrogen-bond donors (Lipinski definition) is 0. The highest BCUT2D eigenvalue weighted by molar-refractivity contribution is 9.10. The summed E-state index contributed by atoms with van der Waals surface area (Å²) in [5.41, 5.74) is -0.413. The van der Waals surface area contributed by atoms with Crippen molar-refractivity contribution in [2.45, 2.75) is 6.43 Å². The average molecular weight is 265 g/mol. The summed E-state index contributed by atoms with van der Waals surface area (Å²) in [6.07, 6.45) is -0.346. The molecule has 0 aliphatic rings. The molecule has 2 heterocycles. The monoisotopic (exact) mass is 264 g/mol. The number of imidazole rings is 1. The van der Waals surface area contributed by atoms with Crippen molar-refractivity contribution in [1.29, 1.82) is 0 Å². The van der Waals surface area contributed by atoms with Crippen LogP contribution in [0.4, 0.5) is 13.2 Å². The second-order valence-electron chi connectivity index (χ2n) is 2.68. The molecule has 0 saturated carbocycles. The summed E-state index contributed by atoms with van der Waals surface area (Å²) in [7, 11) is 0. The second kappa shape index (κ2) is 3.27. The first-order valence-corrected chi connectivity index (χ1v) is 4.49. The van der Waals surface area contributed by atoms with Crippen molar-refractivity contribution in [1.82, 2.24) is 9.38 Å². The lowest BCUT2D eigenvalue weighted by Gasteiger charge is -2.01. The van der Waals surface area contributed by atoms with Gasteiger partial charge in [0, 0.05) is 10.7 Å². The van der Waals surface area contributed by atoms with Gasteiger partial charge in [0.2, 0.25) is 0 Å². The standard InChI is InChI=1S/C8H4BrF3N2/c9-4-1-5(10)8-13-2-6(7(11)12)14(8)3-4/h1-3,7H. The SMILES string of the molecule is Fc1cc(Br)cn2c(C(F)F)cnc12. The normalized spacial score (nSPS) is 11.5. The predicted molar refractivity (Wildman–Crippen MR) is 47.8 cm³/mol. The highest BCUT2D eigenvalue weighted by atomic mass is 79.9. The summed E-state index contributed by atoms with van der Waals surface area (Å²) >= 11 is 3.02. The van der Waals surface area contributed by atoms with E-state index in [-0.39, 0.29) is 11.3 Å². The predicted octanol–water partition coefficient (Wildman–Crippen LogP) is 3.17. The molecule has 6 heteroatoms. The van der Waals surface area contributed by atoms with E-state index in [4.69, 9.17) is 0 Å². The van der Waals surface area contributed by atoms with E-state index in [0.717, 1.165) is 10.6 Å². The molecule has 0 atom stereocenters. The van der Waals surface area contributed by atoms with E-state index in [1.165, 1.54) is 12.3 Å². The van der Waals surface area contributed by atoms with Gasteiger partial charge in [0.05, 0.1) is 6.20 Å². The molecule has 0 N–H and O–H groups in total. The van der Waals surface area contributed by atoms with Gasteiger partial charge in [-0.3, -0.25) is 4.40 Å². The Morgan fingerprint density at radius 1 is 1.43 bits per heavy atom. The summed E-state index contributed by atoms with van der Waals surface area (Å²) in [4.78, 5) is 3.57. The van der Waals surface area contributed by atoms with Crippen LogP contribution in [0.15, 0.2) is 22.9 Å². The first kappa shape index (κ1) is 9.51. The number of rotatable bonds is 1. The Balaban J connectivity index is 2.78. The molecule has 2 nitrogen and oxygen atoms in total. The van der Waals surface area contributed by atoms with Crippen LogP contribution in [-0.2, 0) is 0 Å². The molecule has 0 aliphatic carbocycles. The van der Waals surface area contributed by atoms with Gasteiger partial charge in [-0.05, 0) is 22.0 Å². The maximum Gasteiger partial charge on any atom is 0.280 e. The smallest absolute Gasteiger partial charge is 0.280 e. The Morgan fingerprint density at radius 2 is 2.14 bits per heavy atom. The summed E-state index contributed by atoms with van der Waals surface area (Å²) in [5, 5.41) is 0. The first-order valence-electron chi connectivity index (χ1n) is 3.69. The van der Waals surface area contributed by atoms with Crippen LogP contribution in [-0.4, -0.2) is 9.38 Å². The van der Waals surface area contributed by atoms with Crippen LogP contribution >= 0.6 is 15.9 Å². The fourth-order valence-electron chi connectivity index (χ4n) is 1.19. The zero-order chi connectivity index (χ0) is 10.3. The molecule has 0 saturated heterocycles. The topological polar surface area (TPSA) is 17.3 Å². The fraction of sp³-hybridized carbons (Fsp3) is 0.125. The van der Waals surface area contributed by atoms with Crippen molar-refractivity contribution in [3.05, 3.63) is 34.4 Å². The molecule has 74 valence electrons. The molecule has 2 rings (SSSR count). The number of fused-ring (bicyclic) bond motifs is 1. The van der Waals surface area contributed by atoms with Crippen LogP contribution in [0.3, 0.4) is 0 Å². The maximum absolute atomic E-state index is 13.2. The lowest BCUT2D eigenvalue weighted by atomic mass is 10.4. The van der Waals surface area contributed by atoms with Crippen LogP contribution in [0.2, 0.25) is 0 Å². The number of halogens is 4. The van der Waals surface area contributed by atoms with Gasteiger partial charge in [-0.25, -0.2) is 18.2 Å². The van der Waals surface area contributed by atoms with Gasteiger partial charge in [0.25, 0.3) is 6.43 Å². The molecule has 0 fully saturated rings. The van der Waals surface area contributed by atoms with Crippen LogP contribution in [0, 0.1) is 5.82 Å². The minimum Gasteiger partial charge on any atom is -0.295 e. The average Bonchev–Trinajstić information content (AvgIpc) is 2.47. The molecular weight excluding hydrogens is 261 g/mol. The Morgan fingerprint density at radius 3 is 2.79 bits per heavy atom. The second-order valence-corrected chi connectivity index (χ2v) is 3.60. The molecule has 0 aromatic carbocycles. The van der Waals surface area contributed by atoms with Gasteiger partial charge in [-0.15, -0.1) is 0 Å². The van der Waals surface area contributed by atoms with Gasteiger partial charge in [0.1, 0.15) is 5.69 Å². The Kier molecular flexibility index (Phi) is 2.22. The van der Waals surface area contributed by atoms with E-state index < -0.39 is 12.2 Å². The fourth-order valence-corrected chi connectivity index (χ4v) is 1.60. The van der Waals surface area contributed by atoms with Gasteiger partial charge < -0.3 is 0 Å². The summed E-state index contributed by atoms with van der Waals surface area (Å²) in [6.45, 7) is 0. The zero-order valence-corrected chi connectivity index (χ0v) is 8.30. The number of aromatic nitrogens is 2. The molecular formula is C8H4BrF3N2. The van der Waals surface area contributed by atoms with Crippen LogP contribution in [0.25, 0.3) is 5.65 Å². The van der Waals surface area contributed by atoms with Crippen molar-refractivity contribution < 1.29 is 13.2 Å². The van der Waals surface area contributed by atoms with E-state index >= 15 is 0 Å². The summed E-state index contributed by atoms with van der Waals surface area (Å²) < 4.78 is 39.4. The van der Waals surface area contributed by atoms with Gasteiger partial charge >= 0.3 is 0 Å². The summed E-state index contributed by atoms with van der Waals surface area (Å²) in [6, 6.07) is 1.18. The highest BCUT2D eigenvalue weighted by Gasteiger charge is 2.15. The minimum absolute atomic E-state index is 0.0940. The van der Waals surface area contributed by atoms with Gasteiger partial charge in [-0.2, -0.15) is 0 Å².